The topological polar surface area (TPSA) is 37.4 Å². The summed E-state index contributed by atoms with van der Waals surface area (Å²) in [4.78, 5) is 6.48. The Morgan fingerprint density at radius 2 is 2.10 bits per heavy atom. The molecular formula is C17H23N3O. The molecule has 1 aromatic heterocycles. The van der Waals surface area contributed by atoms with Gasteiger partial charge < -0.3 is 15.0 Å². The number of nitrogens with one attached hydrogen (secondary N) is 1. The molecule has 0 fully saturated rings. The Kier molecular flexibility index (Phi) is 5.43. The number of pyridine rings is 1. The van der Waals surface area contributed by atoms with Gasteiger partial charge in [0.1, 0.15) is 5.75 Å². The average Bonchev–Trinajstić information content (AvgIpc) is 2.53. The summed E-state index contributed by atoms with van der Waals surface area (Å²) in [7, 11) is 3.76. The van der Waals surface area contributed by atoms with Gasteiger partial charge in [-0.05, 0) is 30.2 Å². The van der Waals surface area contributed by atoms with Crippen LogP contribution in [0, 0.1) is 0 Å². The van der Waals surface area contributed by atoms with E-state index >= 15 is 0 Å². The van der Waals surface area contributed by atoms with Crippen LogP contribution in [0.2, 0.25) is 0 Å². The maximum Gasteiger partial charge on any atom is 0.119 e. The molecule has 0 unspecified atom stereocenters. The van der Waals surface area contributed by atoms with Gasteiger partial charge in [-0.25, -0.2) is 0 Å². The predicted molar refractivity (Wildman–Crippen MR) is 88.1 cm³/mol. The van der Waals surface area contributed by atoms with Gasteiger partial charge in [-0.3, -0.25) is 4.98 Å². The van der Waals surface area contributed by atoms with E-state index in [0.717, 1.165) is 36.6 Å². The van der Waals surface area contributed by atoms with E-state index in [9.17, 15) is 0 Å². The third-order valence-corrected chi connectivity index (χ3v) is 3.30. The van der Waals surface area contributed by atoms with Crippen molar-refractivity contribution < 1.29 is 4.74 Å². The lowest BCUT2D eigenvalue weighted by molar-refractivity contribution is 0.414. The second-order valence-electron chi connectivity index (χ2n) is 5.07. The van der Waals surface area contributed by atoms with Crippen LogP contribution in [0.1, 0.15) is 18.9 Å². The maximum atomic E-state index is 5.26. The highest BCUT2D eigenvalue weighted by Gasteiger charge is 2.05. The molecule has 0 radical (unpaired) electrons. The fourth-order valence-corrected chi connectivity index (χ4v) is 2.14. The molecule has 2 aromatic rings. The fraction of sp³-hybridized carbons (Fsp3) is 0.353. The number of ether oxygens (including phenoxy) is 1. The summed E-state index contributed by atoms with van der Waals surface area (Å²) in [6.45, 7) is 3.93. The van der Waals surface area contributed by atoms with Gasteiger partial charge in [0, 0.05) is 20.1 Å². The van der Waals surface area contributed by atoms with Crippen molar-refractivity contribution in [3.8, 4) is 5.75 Å². The van der Waals surface area contributed by atoms with Crippen molar-refractivity contribution >= 4 is 11.4 Å². The summed E-state index contributed by atoms with van der Waals surface area (Å²) in [5.41, 5.74) is 3.37. The monoisotopic (exact) mass is 285 g/mol. The number of anilines is 2. The molecule has 21 heavy (non-hydrogen) atoms. The highest BCUT2D eigenvalue weighted by molar-refractivity contribution is 5.55. The Morgan fingerprint density at radius 3 is 2.86 bits per heavy atom. The normalized spacial score (nSPS) is 10.2. The first-order valence-electron chi connectivity index (χ1n) is 7.26. The number of benzene rings is 1. The van der Waals surface area contributed by atoms with Crippen LogP contribution in [0.5, 0.6) is 5.75 Å². The third-order valence-electron chi connectivity index (χ3n) is 3.30. The molecule has 0 atom stereocenters. The van der Waals surface area contributed by atoms with Gasteiger partial charge in [0.15, 0.2) is 0 Å². The Morgan fingerprint density at radius 1 is 1.24 bits per heavy atom. The molecule has 0 aliphatic carbocycles. The lowest BCUT2D eigenvalue weighted by Crippen LogP contribution is -2.16. The average molecular weight is 285 g/mol. The highest BCUT2D eigenvalue weighted by Crippen LogP contribution is 2.20. The lowest BCUT2D eigenvalue weighted by Gasteiger charge is -2.20. The zero-order valence-electron chi connectivity index (χ0n) is 13.0. The van der Waals surface area contributed by atoms with Gasteiger partial charge >= 0.3 is 0 Å². The van der Waals surface area contributed by atoms with Crippen molar-refractivity contribution in [3.05, 3.63) is 48.3 Å². The molecule has 0 saturated heterocycles. The predicted octanol–water partition coefficient (Wildman–Crippen LogP) is 3.55. The van der Waals surface area contributed by atoms with Crippen molar-refractivity contribution in [1.29, 1.82) is 0 Å². The minimum Gasteiger partial charge on any atom is -0.497 e. The van der Waals surface area contributed by atoms with E-state index in [1.165, 1.54) is 5.56 Å². The minimum absolute atomic E-state index is 0.816. The second-order valence-corrected chi connectivity index (χ2v) is 5.07. The zero-order chi connectivity index (χ0) is 15.1. The highest BCUT2D eigenvalue weighted by atomic mass is 16.5. The number of hydrogen-bond acceptors (Lipinski definition) is 4. The maximum absolute atomic E-state index is 5.26. The van der Waals surface area contributed by atoms with Crippen molar-refractivity contribution in [2.24, 2.45) is 0 Å². The fourth-order valence-electron chi connectivity index (χ4n) is 2.14. The van der Waals surface area contributed by atoms with E-state index in [1.54, 1.807) is 7.11 Å². The number of nitrogens with zero attached hydrogens (tertiary/aromatic N) is 2. The van der Waals surface area contributed by atoms with E-state index in [0.29, 0.717) is 0 Å². The first-order valence-corrected chi connectivity index (χ1v) is 7.26. The molecule has 0 saturated carbocycles. The van der Waals surface area contributed by atoms with Gasteiger partial charge in [-0.2, -0.15) is 0 Å². The lowest BCUT2D eigenvalue weighted by atomic mass is 10.2. The van der Waals surface area contributed by atoms with Crippen LogP contribution >= 0.6 is 0 Å². The minimum atomic E-state index is 0.816. The second kappa shape index (κ2) is 7.53. The van der Waals surface area contributed by atoms with Crippen LogP contribution in [-0.4, -0.2) is 25.7 Å². The molecule has 2 rings (SSSR count). The van der Waals surface area contributed by atoms with Crippen LogP contribution in [0.3, 0.4) is 0 Å². The van der Waals surface area contributed by atoms with Crippen LogP contribution < -0.4 is 15.0 Å². The molecule has 0 amide bonds. The van der Waals surface area contributed by atoms with Crippen molar-refractivity contribution in [2.75, 3.05) is 30.9 Å². The summed E-state index contributed by atoms with van der Waals surface area (Å²) >= 11 is 0. The molecule has 1 heterocycles. The third kappa shape index (κ3) is 4.38. The van der Waals surface area contributed by atoms with Gasteiger partial charge in [-0.1, -0.05) is 19.1 Å². The van der Waals surface area contributed by atoms with E-state index in [-0.39, 0.29) is 0 Å². The molecule has 0 aliphatic rings. The Bertz CT molecular complexity index is 571. The first-order chi connectivity index (χ1) is 10.2. The summed E-state index contributed by atoms with van der Waals surface area (Å²) < 4.78 is 5.26. The quantitative estimate of drug-likeness (QED) is 0.844. The SMILES string of the molecule is CCCNc1cncc(N(C)Cc2cccc(OC)c2)c1. The van der Waals surface area contributed by atoms with Crippen molar-refractivity contribution in [1.82, 2.24) is 4.98 Å². The van der Waals surface area contributed by atoms with Gasteiger partial charge in [0.2, 0.25) is 0 Å². The number of hydrogen-bond donors (Lipinski definition) is 1. The largest absolute Gasteiger partial charge is 0.497 e. The van der Waals surface area contributed by atoms with Gasteiger partial charge in [0.25, 0.3) is 0 Å². The molecule has 0 aliphatic heterocycles. The van der Waals surface area contributed by atoms with Gasteiger partial charge in [-0.15, -0.1) is 0 Å². The van der Waals surface area contributed by atoms with Gasteiger partial charge in [0.05, 0.1) is 30.9 Å². The molecule has 0 bridgehead atoms. The van der Waals surface area contributed by atoms with Crippen LogP contribution in [0.15, 0.2) is 42.7 Å². The Balaban J connectivity index is 2.06. The molecular weight excluding hydrogens is 262 g/mol. The van der Waals surface area contributed by atoms with Crippen LogP contribution in [0.4, 0.5) is 11.4 Å². The molecule has 4 nitrogen and oxygen atoms in total. The number of rotatable bonds is 7. The molecule has 1 aromatic carbocycles. The Hall–Kier alpha value is -2.23. The van der Waals surface area contributed by atoms with E-state index in [4.69, 9.17) is 4.74 Å². The summed E-state index contributed by atoms with van der Waals surface area (Å²) in [6.07, 6.45) is 4.85. The summed E-state index contributed by atoms with van der Waals surface area (Å²) in [5, 5.41) is 3.36. The first kappa shape index (κ1) is 15.2. The van der Waals surface area contributed by atoms with Crippen molar-refractivity contribution in [3.63, 3.8) is 0 Å². The van der Waals surface area contributed by atoms with Crippen LogP contribution in [-0.2, 0) is 6.54 Å². The van der Waals surface area contributed by atoms with Crippen LogP contribution in [0.25, 0.3) is 0 Å². The number of aromatic nitrogens is 1. The molecule has 112 valence electrons. The van der Waals surface area contributed by atoms with E-state index in [2.05, 4.69) is 47.4 Å². The van der Waals surface area contributed by atoms with Crippen molar-refractivity contribution in [2.45, 2.75) is 19.9 Å². The summed E-state index contributed by atoms with van der Waals surface area (Å²) in [6, 6.07) is 10.3. The van der Waals surface area contributed by atoms with E-state index in [1.807, 2.05) is 24.5 Å². The summed E-state index contributed by atoms with van der Waals surface area (Å²) in [5.74, 6) is 0.886. The Labute approximate surface area is 126 Å². The number of methoxy groups -OCH3 is 1. The molecule has 1 N–H and O–H groups in total. The zero-order valence-corrected chi connectivity index (χ0v) is 13.0. The van der Waals surface area contributed by atoms with E-state index < -0.39 is 0 Å². The molecule has 0 spiro atoms. The molecule has 4 heteroatoms. The smallest absolute Gasteiger partial charge is 0.119 e. The standard InChI is InChI=1S/C17H23N3O/c1-4-8-19-15-10-16(12-18-11-15)20(2)13-14-6-5-7-17(9-14)21-3/h5-7,9-12,19H,4,8,13H2,1-3H3.